The number of rotatable bonds is 5. The van der Waals surface area contributed by atoms with Gasteiger partial charge in [-0.2, -0.15) is 5.26 Å². The van der Waals surface area contributed by atoms with E-state index in [-0.39, 0.29) is 0 Å². The van der Waals surface area contributed by atoms with Crippen LogP contribution in [0.3, 0.4) is 0 Å². The summed E-state index contributed by atoms with van der Waals surface area (Å²) in [4.78, 5) is 4.04. The second-order valence-electron chi connectivity index (χ2n) is 4.30. The lowest BCUT2D eigenvalue weighted by molar-refractivity contribution is 0.0650. The van der Waals surface area contributed by atoms with Crippen molar-refractivity contribution in [2.24, 2.45) is 5.41 Å². The Bertz CT molecular complexity index is 380. The van der Waals surface area contributed by atoms with E-state index in [0.717, 1.165) is 18.7 Å². The van der Waals surface area contributed by atoms with Crippen LogP contribution in [-0.4, -0.2) is 14.7 Å². The van der Waals surface area contributed by atoms with Gasteiger partial charge in [0.05, 0.1) is 29.7 Å². The van der Waals surface area contributed by atoms with Gasteiger partial charge >= 0.3 is 0 Å². The van der Waals surface area contributed by atoms with Gasteiger partial charge in [0, 0.05) is 6.54 Å². The zero-order valence-corrected chi connectivity index (χ0v) is 10.1. The maximum atomic E-state index is 10.3. The molecule has 0 amide bonds. The fourth-order valence-electron chi connectivity index (χ4n) is 1.65. The van der Waals surface area contributed by atoms with Crippen molar-refractivity contribution >= 4 is 0 Å². The molecule has 0 fully saturated rings. The van der Waals surface area contributed by atoms with Crippen LogP contribution < -0.4 is 0 Å². The van der Waals surface area contributed by atoms with Crippen molar-refractivity contribution in [3.63, 3.8) is 0 Å². The molecule has 1 heterocycles. The van der Waals surface area contributed by atoms with E-state index in [9.17, 15) is 5.11 Å². The van der Waals surface area contributed by atoms with E-state index >= 15 is 0 Å². The predicted octanol–water partition coefficient (Wildman–Crippen LogP) is 2.27. The van der Waals surface area contributed by atoms with E-state index in [1.807, 2.05) is 11.5 Å². The molecule has 1 aromatic rings. The Morgan fingerprint density at radius 2 is 2.31 bits per heavy atom. The van der Waals surface area contributed by atoms with Crippen LogP contribution >= 0.6 is 0 Å². The zero-order valence-electron chi connectivity index (χ0n) is 10.1. The van der Waals surface area contributed by atoms with Crippen molar-refractivity contribution in [3.8, 4) is 6.07 Å². The van der Waals surface area contributed by atoms with Gasteiger partial charge in [-0.05, 0) is 19.8 Å². The van der Waals surface area contributed by atoms with Crippen LogP contribution in [0.4, 0.5) is 0 Å². The van der Waals surface area contributed by atoms with Gasteiger partial charge in [-0.25, -0.2) is 4.98 Å². The monoisotopic (exact) mass is 221 g/mol. The fourth-order valence-corrected chi connectivity index (χ4v) is 1.65. The lowest BCUT2D eigenvalue weighted by Crippen LogP contribution is -2.25. The van der Waals surface area contributed by atoms with Crippen LogP contribution in [0.25, 0.3) is 0 Å². The minimum Gasteiger partial charge on any atom is -0.385 e. The summed E-state index contributed by atoms with van der Waals surface area (Å²) < 4.78 is 1.91. The molecule has 0 spiro atoms. The Morgan fingerprint density at radius 3 is 2.81 bits per heavy atom. The first-order valence-electron chi connectivity index (χ1n) is 5.68. The zero-order chi connectivity index (χ0) is 12.2. The third kappa shape index (κ3) is 2.25. The summed E-state index contributed by atoms with van der Waals surface area (Å²) in [5.74, 6) is 0. The first kappa shape index (κ1) is 12.7. The average Bonchev–Trinajstić information content (AvgIpc) is 2.75. The van der Waals surface area contributed by atoms with Crippen LogP contribution in [0.1, 0.15) is 45.4 Å². The molecule has 0 saturated heterocycles. The number of aromatic nitrogens is 2. The highest BCUT2D eigenvalue weighted by Gasteiger charge is 2.34. The number of imidazole rings is 1. The summed E-state index contributed by atoms with van der Waals surface area (Å²) in [5, 5.41) is 19.4. The standard InChI is InChI=1S/C12H19N3O/c1-4-6-15-9-14-7-10(15)11(16)12(3,5-2)8-13/h7,9,11,16H,4-6H2,1-3H3. The largest absolute Gasteiger partial charge is 0.385 e. The quantitative estimate of drug-likeness (QED) is 0.829. The normalized spacial score (nSPS) is 16.4. The molecule has 1 aromatic heterocycles. The Hall–Kier alpha value is -1.34. The molecule has 88 valence electrons. The third-order valence-corrected chi connectivity index (χ3v) is 3.08. The molecule has 16 heavy (non-hydrogen) atoms. The summed E-state index contributed by atoms with van der Waals surface area (Å²) in [5.41, 5.74) is -0.0151. The molecule has 0 aliphatic rings. The smallest absolute Gasteiger partial charge is 0.114 e. The molecular formula is C12H19N3O. The number of aliphatic hydroxyl groups is 1. The maximum absolute atomic E-state index is 10.3. The van der Waals surface area contributed by atoms with Crippen LogP contribution in [0.15, 0.2) is 12.5 Å². The highest BCUT2D eigenvalue weighted by molar-refractivity contribution is 5.13. The van der Waals surface area contributed by atoms with E-state index in [1.54, 1.807) is 19.4 Å². The first-order valence-corrected chi connectivity index (χ1v) is 5.68. The summed E-state index contributed by atoms with van der Waals surface area (Å²) in [6.07, 6.45) is 4.16. The second kappa shape index (κ2) is 5.13. The van der Waals surface area contributed by atoms with Gasteiger partial charge in [-0.1, -0.05) is 13.8 Å². The Morgan fingerprint density at radius 1 is 1.62 bits per heavy atom. The molecule has 4 heteroatoms. The lowest BCUT2D eigenvalue weighted by atomic mass is 9.82. The van der Waals surface area contributed by atoms with E-state index in [4.69, 9.17) is 5.26 Å². The summed E-state index contributed by atoms with van der Waals surface area (Å²) >= 11 is 0. The van der Waals surface area contributed by atoms with Gasteiger partial charge in [0.25, 0.3) is 0 Å². The number of nitriles is 1. The van der Waals surface area contributed by atoms with Crippen LogP contribution in [0, 0.1) is 16.7 Å². The molecule has 0 aliphatic carbocycles. The van der Waals surface area contributed by atoms with Crippen LogP contribution in [-0.2, 0) is 6.54 Å². The minimum absolute atomic E-state index is 0.613. The van der Waals surface area contributed by atoms with Crippen molar-refractivity contribution in [3.05, 3.63) is 18.2 Å². The Balaban J connectivity index is 3.00. The van der Waals surface area contributed by atoms with Crippen molar-refractivity contribution in [1.29, 1.82) is 5.26 Å². The van der Waals surface area contributed by atoms with E-state index in [1.165, 1.54) is 0 Å². The van der Waals surface area contributed by atoms with E-state index in [0.29, 0.717) is 6.42 Å². The van der Waals surface area contributed by atoms with Crippen molar-refractivity contribution in [2.75, 3.05) is 0 Å². The molecule has 1 rings (SSSR count). The molecular weight excluding hydrogens is 202 g/mol. The average molecular weight is 221 g/mol. The minimum atomic E-state index is -0.781. The molecule has 2 unspecified atom stereocenters. The number of aryl methyl sites for hydroxylation is 1. The topological polar surface area (TPSA) is 61.8 Å². The summed E-state index contributed by atoms with van der Waals surface area (Å²) in [7, 11) is 0. The lowest BCUT2D eigenvalue weighted by Gasteiger charge is -2.26. The van der Waals surface area contributed by atoms with E-state index in [2.05, 4.69) is 18.0 Å². The summed E-state index contributed by atoms with van der Waals surface area (Å²) in [6, 6.07) is 2.19. The van der Waals surface area contributed by atoms with Crippen LogP contribution in [0.5, 0.6) is 0 Å². The molecule has 1 N–H and O–H groups in total. The highest BCUT2D eigenvalue weighted by Crippen LogP contribution is 2.35. The van der Waals surface area contributed by atoms with Gasteiger partial charge in [-0.15, -0.1) is 0 Å². The van der Waals surface area contributed by atoms with Gasteiger partial charge in [0.15, 0.2) is 0 Å². The molecule has 2 atom stereocenters. The van der Waals surface area contributed by atoms with E-state index < -0.39 is 11.5 Å². The summed E-state index contributed by atoms with van der Waals surface area (Å²) in [6.45, 7) is 6.57. The van der Waals surface area contributed by atoms with Crippen LogP contribution in [0.2, 0.25) is 0 Å². The van der Waals surface area contributed by atoms with Gasteiger partial charge in [0.2, 0.25) is 0 Å². The Labute approximate surface area is 96.5 Å². The number of aliphatic hydroxyl groups excluding tert-OH is 1. The molecule has 0 saturated carbocycles. The number of hydrogen-bond acceptors (Lipinski definition) is 3. The molecule has 0 aromatic carbocycles. The predicted molar refractivity (Wildman–Crippen MR) is 61.5 cm³/mol. The molecule has 4 nitrogen and oxygen atoms in total. The van der Waals surface area contributed by atoms with Gasteiger partial charge in [-0.3, -0.25) is 0 Å². The molecule has 0 aliphatic heterocycles. The van der Waals surface area contributed by atoms with Gasteiger partial charge in [0.1, 0.15) is 6.10 Å². The van der Waals surface area contributed by atoms with Gasteiger partial charge < -0.3 is 9.67 Å². The van der Waals surface area contributed by atoms with Crippen molar-refractivity contribution in [2.45, 2.75) is 46.3 Å². The Kier molecular flexibility index (Phi) is 4.08. The number of hydrogen-bond donors (Lipinski definition) is 1. The first-order chi connectivity index (χ1) is 7.59. The SMILES string of the molecule is CCCn1cncc1C(O)C(C)(C#N)CC. The highest BCUT2D eigenvalue weighted by atomic mass is 16.3. The van der Waals surface area contributed by atoms with Crippen molar-refractivity contribution in [1.82, 2.24) is 9.55 Å². The molecule has 0 radical (unpaired) electrons. The molecule has 0 bridgehead atoms. The van der Waals surface area contributed by atoms with Crippen molar-refractivity contribution < 1.29 is 5.11 Å². The second-order valence-corrected chi connectivity index (χ2v) is 4.30. The maximum Gasteiger partial charge on any atom is 0.114 e. The number of nitrogens with zero attached hydrogens (tertiary/aromatic N) is 3. The third-order valence-electron chi connectivity index (χ3n) is 3.08. The fraction of sp³-hybridized carbons (Fsp3) is 0.667.